The summed E-state index contributed by atoms with van der Waals surface area (Å²) >= 11 is 0. The van der Waals surface area contributed by atoms with E-state index in [9.17, 15) is 4.79 Å². The fraction of sp³-hybridized carbons (Fsp3) is 0.571. The fourth-order valence-corrected chi connectivity index (χ4v) is 4.48. The minimum absolute atomic E-state index is 0.00530. The van der Waals surface area contributed by atoms with Crippen molar-refractivity contribution in [2.75, 3.05) is 26.2 Å². The van der Waals surface area contributed by atoms with Gasteiger partial charge in [-0.25, -0.2) is 0 Å². The minimum Gasteiger partial charge on any atom is -0.491 e. The number of aryl methyl sites for hydroxylation is 1. The Labute approximate surface area is 165 Å². The van der Waals surface area contributed by atoms with Gasteiger partial charge in [0.05, 0.1) is 12.0 Å². The lowest BCUT2D eigenvalue weighted by atomic mass is 9.71. The summed E-state index contributed by atoms with van der Waals surface area (Å²) in [7, 11) is 0. The summed E-state index contributed by atoms with van der Waals surface area (Å²) in [6.45, 7) is 11.7. The van der Waals surface area contributed by atoms with Crippen molar-refractivity contribution in [1.82, 2.24) is 19.9 Å². The van der Waals surface area contributed by atoms with E-state index in [1.807, 2.05) is 37.8 Å². The van der Waals surface area contributed by atoms with Gasteiger partial charge in [-0.2, -0.15) is 4.98 Å². The van der Waals surface area contributed by atoms with Gasteiger partial charge in [0, 0.05) is 45.1 Å². The first-order chi connectivity index (χ1) is 13.3. The van der Waals surface area contributed by atoms with Crippen LogP contribution < -0.4 is 4.74 Å². The van der Waals surface area contributed by atoms with Gasteiger partial charge < -0.3 is 14.2 Å². The average Bonchev–Trinajstić information content (AvgIpc) is 3.20. The molecule has 28 heavy (non-hydrogen) atoms. The quantitative estimate of drug-likeness (QED) is 0.789. The third-order valence-corrected chi connectivity index (χ3v) is 5.71. The second-order valence-corrected chi connectivity index (χ2v) is 8.45. The van der Waals surface area contributed by atoms with Crippen LogP contribution in [-0.4, -0.2) is 58.1 Å². The summed E-state index contributed by atoms with van der Waals surface area (Å²) in [6.07, 6.45) is 0.179. The van der Waals surface area contributed by atoms with Crippen molar-refractivity contribution in [2.24, 2.45) is 5.41 Å². The smallest absolute Gasteiger partial charge is 0.232 e. The number of hydrogen-bond donors (Lipinski definition) is 0. The molecule has 3 heterocycles. The average molecular weight is 384 g/mol. The molecule has 7 nitrogen and oxygen atoms in total. The third kappa shape index (κ3) is 3.63. The minimum atomic E-state index is 0.00530. The maximum absolute atomic E-state index is 12.0. The Morgan fingerprint density at radius 2 is 2.00 bits per heavy atom. The van der Waals surface area contributed by atoms with E-state index in [-0.39, 0.29) is 23.3 Å². The lowest BCUT2D eigenvalue weighted by Crippen LogP contribution is -2.59. The number of nitrogens with zero attached hydrogens (tertiary/aromatic N) is 4. The molecule has 2 aromatic rings. The van der Waals surface area contributed by atoms with Gasteiger partial charge in [0.2, 0.25) is 11.8 Å². The van der Waals surface area contributed by atoms with E-state index in [0.29, 0.717) is 18.3 Å². The number of benzene rings is 1. The van der Waals surface area contributed by atoms with Gasteiger partial charge >= 0.3 is 0 Å². The standard InChI is InChI=1S/C21H28N4O3/c1-14(2)27-18-7-5-17(6-8-18)9-24-11-21(12-24)13-25(16(4)26)10-19(21)20-22-15(3)23-28-20/h5-8,14,19H,9-13H2,1-4H3. The zero-order valence-electron chi connectivity index (χ0n) is 17.0. The Morgan fingerprint density at radius 1 is 1.29 bits per heavy atom. The second-order valence-electron chi connectivity index (χ2n) is 8.45. The summed E-state index contributed by atoms with van der Waals surface area (Å²) < 4.78 is 11.2. The van der Waals surface area contributed by atoms with Gasteiger partial charge in [0.1, 0.15) is 5.75 Å². The van der Waals surface area contributed by atoms with E-state index in [2.05, 4.69) is 27.2 Å². The highest BCUT2D eigenvalue weighted by Crippen LogP contribution is 2.49. The molecule has 2 fully saturated rings. The Balaban J connectivity index is 1.43. The summed E-state index contributed by atoms with van der Waals surface area (Å²) in [6, 6.07) is 8.31. The van der Waals surface area contributed by atoms with E-state index >= 15 is 0 Å². The molecule has 7 heteroatoms. The molecular formula is C21H28N4O3. The summed E-state index contributed by atoms with van der Waals surface area (Å²) in [5.41, 5.74) is 1.27. The maximum Gasteiger partial charge on any atom is 0.232 e. The van der Waals surface area contributed by atoms with Crippen LogP contribution in [0.5, 0.6) is 5.75 Å². The monoisotopic (exact) mass is 384 g/mol. The number of amides is 1. The topological polar surface area (TPSA) is 71.7 Å². The Kier molecular flexibility index (Phi) is 4.87. The molecule has 0 aliphatic carbocycles. The molecule has 1 aromatic heterocycles. The summed E-state index contributed by atoms with van der Waals surface area (Å²) in [5, 5.41) is 3.96. The van der Waals surface area contributed by atoms with Crippen molar-refractivity contribution in [1.29, 1.82) is 0 Å². The highest BCUT2D eigenvalue weighted by Gasteiger charge is 2.56. The zero-order chi connectivity index (χ0) is 19.9. The number of likely N-dealkylation sites (tertiary alicyclic amines) is 2. The molecule has 0 saturated carbocycles. The molecule has 150 valence electrons. The van der Waals surface area contributed by atoms with Crippen molar-refractivity contribution in [3.8, 4) is 5.75 Å². The van der Waals surface area contributed by atoms with Gasteiger partial charge in [-0.15, -0.1) is 0 Å². The molecule has 1 spiro atoms. The highest BCUT2D eigenvalue weighted by atomic mass is 16.5. The van der Waals surface area contributed by atoms with Gasteiger partial charge in [-0.1, -0.05) is 17.3 Å². The Morgan fingerprint density at radius 3 is 2.57 bits per heavy atom. The van der Waals surface area contributed by atoms with Crippen LogP contribution in [-0.2, 0) is 11.3 Å². The predicted octanol–water partition coefficient (Wildman–Crippen LogP) is 2.61. The van der Waals surface area contributed by atoms with Gasteiger partial charge in [0.15, 0.2) is 5.82 Å². The maximum atomic E-state index is 12.0. The molecule has 1 amide bonds. The molecule has 2 saturated heterocycles. The second kappa shape index (κ2) is 7.20. The SMILES string of the molecule is CC(=O)N1CC(c2nc(C)no2)C2(CN(Cc3ccc(OC(C)C)cc3)C2)C1. The van der Waals surface area contributed by atoms with Gasteiger partial charge in [0.25, 0.3) is 0 Å². The number of carbonyl (C=O) groups is 1. The van der Waals surface area contributed by atoms with Crippen LogP contribution >= 0.6 is 0 Å². The van der Waals surface area contributed by atoms with Crippen LogP contribution in [0, 0.1) is 12.3 Å². The van der Waals surface area contributed by atoms with Gasteiger partial charge in [-0.3, -0.25) is 9.69 Å². The van der Waals surface area contributed by atoms with Crippen molar-refractivity contribution in [3.63, 3.8) is 0 Å². The molecule has 0 radical (unpaired) electrons. The van der Waals surface area contributed by atoms with Crippen LogP contribution in [0.4, 0.5) is 0 Å². The first-order valence-electron chi connectivity index (χ1n) is 9.88. The summed E-state index contributed by atoms with van der Waals surface area (Å²) in [5.74, 6) is 2.42. The molecule has 0 bridgehead atoms. The number of hydrogen-bond acceptors (Lipinski definition) is 6. The Hall–Kier alpha value is -2.41. The molecular weight excluding hydrogens is 356 g/mol. The van der Waals surface area contributed by atoms with Crippen LogP contribution in [0.25, 0.3) is 0 Å². The van der Waals surface area contributed by atoms with Crippen LogP contribution in [0.1, 0.15) is 44.0 Å². The predicted molar refractivity (Wildman–Crippen MR) is 104 cm³/mol. The van der Waals surface area contributed by atoms with E-state index in [4.69, 9.17) is 9.26 Å². The van der Waals surface area contributed by atoms with Crippen LogP contribution in [0.15, 0.2) is 28.8 Å². The molecule has 2 aliphatic heterocycles. The first-order valence-corrected chi connectivity index (χ1v) is 9.88. The normalized spacial score (nSPS) is 21.3. The lowest BCUT2D eigenvalue weighted by Gasteiger charge is -2.50. The molecule has 4 rings (SSSR count). The molecule has 1 aromatic carbocycles. The van der Waals surface area contributed by atoms with Crippen molar-refractivity contribution in [3.05, 3.63) is 41.5 Å². The largest absolute Gasteiger partial charge is 0.491 e. The van der Waals surface area contributed by atoms with Crippen LogP contribution in [0.3, 0.4) is 0 Å². The zero-order valence-corrected chi connectivity index (χ0v) is 17.0. The fourth-order valence-electron chi connectivity index (χ4n) is 4.48. The van der Waals surface area contributed by atoms with Crippen molar-refractivity contribution >= 4 is 5.91 Å². The van der Waals surface area contributed by atoms with E-state index < -0.39 is 0 Å². The first kappa shape index (κ1) is 18.9. The van der Waals surface area contributed by atoms with Crippen molar-refractivity contribution in [2.45, 2.75) is 46.3 Å². The van der Waals surface area contributed by atoms with E-state index in [1.165, 1.54) is 5.56 Å². The molecule has 0 N–H and O–H groups in total. The molecule has 1 unspecified atom stereocenters. The number of carbonyl (C=O) groups excluding carboxylic acids is 1. The number of ether oxygens (including phenoxy) is 1. The molecule has 1 atom stereocenters. The highest BCUT2D eigenvalue weighted by molar-refractivity contribution is 5.74. The lowest BCUT2D eigenvalue weighted by molar-refractivity contribution is -0.128. The summed E-state index contributed by atoms with van der Waals surface area (Å²) in [4.78, 5) is 20.8. The third-order valence-electron chi connectivity index (χ3n) is 5.71. The van der Waals surface area contributed by atoms with Crippen molar-refractivity contribution < 1.29 is 14.1 Å². The van der Waals surface area contributed by atoms with Gasteiger partial charge in [-0.05, 0) is 38.5 Å². The molecule has 2 aliphatic rings. The number of rotatable bonds is 5. The van der Waals surface area contributed by atoms with E-state index in [0.717, 1.165) is 31.9 Å². The van der Waals surface area contributed by atoms with E-state index in [1.54, 1.807) is 6.92 Å². The van der Waals surface area contributed by atoms with Crippen LogP contribution in [0.2, 0.25) is 0 Å². The Bertz CT molecular complexity index is 840. The number of aromatic nitrogens is 2.